The fourth-order valence-electron chi connectivity index (χ4n) is 3.63. The largest absolute Gasteiger partial charge is 0.462 e. The normalized spacial score (nSPS) is 11.7. The average molecular weight is 326 g/mol. The van der Waals surface area contributed by atoms with Gasteiger partial charge in [-0.2, -0.15) is 0 Å². The van der Waals surface area contributed by atoms with E-state index in [-0.39, 0.29) is 5.97 Å². The Bertz CT molecular complexity index is 1330. The van der Waals surface area contributed by atoms with E-state index in [0.717, 1.165) is 32.0 Å². The molecular formula is C21H14N2O2. The molecule has 0 bridgehead atoms. The van der Waals surface area contributed by atoms with E-state index in [0.29, 0.717) is 23.3 Å². The lowest BCUT2D eigenvalue weighted by Gasteiger charge is -2.04. The van der Waals surface area contributed by atoms with Gasteiger partial charge in [0.15, 0.2) is 5.65 Å². The number of esters is 1. The van der Waals surface area contributed by atoms with Crippen LogP contribution in [0.1, 0.15) is 17.3 Å². The summed E-state index contributed by atoms with van der Waals surface area (Å²) in [5.41, 5.74) is 1.81. The zero-order valence-electron chi connectivity index (χ0n) is 13.6. The highest BCUT2D eigenvalue weighted by atomic mass is 16.5. The third-order valence-corrected chi connectivity index (χ3v) is 4.67. The maximum Gasteiger partial charge on any atom is 0.340 e. The van der Waals surface area contributed by atoms with Gasteiger partial charge in [0.2, 0.25) is 0 Å². The van der Waals surface area contributed by atoms with Crippen LogP contribution in [0.15, 0.2) is 54.7 Å². The second-order valence-corrected chi connectivity index (χ2v) is 6.05. The van der Waals surface area contributed by atoms with Gasteiger partial charge in [0.1, 0.15) is 0 Å². The molecule has 4 heteroatoms. The Labute approximate surface area is 143 Å². The zero-order valence-corrected chi connectivity index (χ0v) is 13.6. The van der Waals surface area contributed by atoms with E-state index in [1.54, 1.807) is 13.1 Å². The molecule has 0 N–H and O–H groups in total. The quantitative estimate of drug-likeness (QED) is 0.454. The highest BCUT2D eigenvalue weighted by molar-refractivity contribution is 6.06. The summed E-state index contributed by atoms with van der Waals surface area (Å²) in [6.07, 6.45) is 1.76. The molecule has 1 aromatic heterocycles. The fourth-order valence-corrected chi connectivity index (χ4v) is 3.63. The topological polar surface area (TPSA) is 52.1 Å². The molecule has 120 valence electrons. The number of hydrogen-bond donors (Lipinski definition) is 0. The maximum atomic E-state index is 12.4. The number of ether oxygens (including phenoxy) is 1. The number of aromatic nitrogens is 2. The molecule has 2 heterocycles. The third-order valence-electron chi connectivity index (χ3n) is 4.67. The van der Waals surface area contributed by atoms with Crippen LogP contribution in [-0.2, 0) is 4.74 Å². The van der Waals surface area contributed by atoms with Gasteiger partial charge >= 0.3 is 5.97 Å². The molecule has 5 rings (SSSR count). The van der Waals surface area contributed by atoms with E-state index in [4.69, 9.17) is 4.74 Å². The maximum absolute atomic E-state index is 12.4. The van der Waals surface area contributed by atoms with Crippen molar-refractivity contribution in [3.8, 4) is 0 Å². The number of fused-ring (bicyclic) bond motifs is 2. The van der Waals surface area contributed by atoms with Gasteiger partial charge in [0.05, 0.1) is 17.7 Å². The predicted molar refractivity (Wildman–Crippen MR) is 97.0 cm³/mol. The number of benzene rings is 2. The van der Waals surface area contributed by atoms with Crippen LogP contribution in [0.3, 0.4) is 0 Å². The van der Waals surface area contributed by atoms with Gasteiger partial charge < -0.3 is 4.74 Å². The van der Waals surface area contributed by atoms with E-state index >= 15 is 0 Å². The first kappa shape index (κ1) is 14.1. The molecule has 0 radical (unpaired) electrons. The minimum absolute atomic E-state index is 0.336. The summed E-state index contributed by atoms with van der Waals surface area (Å²) >= 11 is 0. The lowest BCUT2D eigenvalue weighted by Crippen LogP contribution is -2.05. The predicted octanol–water partition coefficient (Wildman–Crippen LogP) is 4.28. The molecule has 0 amide bonds. The summed E-state index contributed by atoms with van der Waals surface area (Å²) in [5.74, 6) is -0.347. The lowest BCUT2D eigenvalue weighted by molar-refractivity contribution is 0.0528. The standard InChI is InChI=1S/C21H14N2O2/c1-2-25-21(24)16-8-7-15-14-6-4-3-5-12(14)11-13-9-10-22-20-17(13)18(15)19(16)23-20/h3-11H,2H2,1H3. The number of nitrogens with zero attached hydrogens (tertiary/aromatic N) is 2. The van der Waals surface area contributed by atoms with Crippen molar-refractivity contribution in [2.75, 3.05) is 6.61 Å². The third kappa shape index (κ3) is 1.91. The Balaban J connectivity index is 2.11. The second kappa shape index (κ2) is 5.11. The Morgan fingerprint density at radius 1 is 1.00 bits per heavy atom. The number of carbonyl (C=O) groups excluding carboxylic acids is 1. The monoisotopic (exact) mass is 326 g/mol. The number of pyridine rings is 1. The molecule has 1 aliphatic heterocycles. The number of carbonyl (C=O) groups is 1. The summed E-state index contributed by atoms with van der Waals surface area (Å²) in [4.78, 5) is 21.5. The highest BCUT2D eigenvalue weighted by Gasteiger charge is 2.18. The summed E-state index contributed by atoms with van der Waals surface area (Å²) in [6, 6.07) is 16.2. The van der Waals surface area contributed by atoms with Crippen molar-refractivity contribution >= 4 is 38.7 Å². The molecule has 0 spiro atoms. The van der Waals surface area contributed by atoms with Crippen molar-refractivity contribution in [3.05, 3.63) is 70.7 Å². The Morgan fingerprint density at radius 2 is 1.88 bits per heavy atom. The van der Waals surface area contributed by atoms with Gasteiger partial charge in [-0.25, -0.2) is 14.8 Å². The minimum atomic E-state index is -0.347. The van der Waals surface area contributed by atoms with E-state index in [2.05, 4.69) is 28.2 Å². The van der Waals surface area contributed by atoms with Crippen LogP contribution >= 0.6 is 0 Å². The van der Waals surface area contributed by atoms with E-state index in [1.165, 1.54) is 0 Å². The number of hydrogen-bond acceptors (Lipinski definition) is 4. The smallest absolute Gasteiger partial charge is 0.340 e. The molecule has 25 heavy (non-hydrogen) atoms. The van der Waals surface area contributed by atoms with Crippen molar-refractivity contribution in [2.45, 2.75) is 6.92 Å². The van der Waals surface area contributed by atoms with Crippen LogP contribution < -0.4 is 0 Å². The van der Waals surface area contributed by atoms with Crippen LogP contribution in [0, 0.1) is 10.4 Å². The van der Waals surface area contributed by atoms with Crippen molar-refractivity contribution in [1.29, 1.82) is 0 Å². The van der Waals surface area contributed by atoms with Crippen LogP contribution in [0.4, 0.5) is 0 Å². The molecule has 0 atom stereocenters. The number of rotatable bonds is 2. The SMILES string of the molecule is CCOC(=O)c1ccc2c3c1nc1nccc(cc4ccccc42)c1=3. The molecule has 3 aromatic rings. The molecule has 0 fully saturated rings. The van der Waals surface area contributed by atoms with Crippen LogP contribution in [0.25, 0.3) is 32.7 Å². The molecular weight excluding hydrogens is 312 g/mol. The Morgan fingerprint density at radius 3 is 2.76 bits per heavy atom. The first-order chi connectivity index (χ1) is 12.3. The van der Waals surface area contributed by atoms with Crippen molar-refractivity contribution in [3.63, 3.8) is 0 Å². The first-order valence-electron chi connectivity index (χ1n) is 8.27. The summed E-state index contributed by atoms with van der Waals surface area (Å²) < 4.78 is 5.21. The Kier molecular flexibility index (Phi) is 2.88. The molecule has 2 aliphatic rings. The van der Waals surface area contributed by atoms with Crippen LogP contribution in [0.2, 0.25) is 0 Å². The lowest BCUT2D eigenvalue weighted by atomic mass is 10.0. The van der Waals surface area contributed by atoms with Gasteiger partial charge in [-0.15, -0.1) is 0 Å². The van der Waals surface area contributed by atoms with Gasteiger partial charge in [-0.1, -0.05) is 30.3 Å². The summed E-state index contributed by atoms with van der Waals surface area (Å²) in [7, 11) is 0. The fraction of sp³-hybridized carbons (Fsp3) is 0.0952. The van der Waals surface area contributed by atoms with E-state index in [1.807, 2.05) is 30.3 Å². The second-order valence-electron chi connectivity index (χ2n) is 6.05. The molecule has 1 aliphatic carbocycles. The molecule has 4 nitrogen and oxygen atoms in total. The zero-order chi connectivity index (χ0) is 17.0. The average Bonchev–Trinajstić information content (AvgIpc) is 2.95. The van der Waals surface area contributed by atoms with E-state index in [9.17, 15) is 4.79 Å². The van der Waals surface area contributed by atoms with Gasteiger partial charge in [-0.05, 0) is 46.7 Å². The minimum Gasteiger partial charge on any atom is -0.462 e. The summed E-state index contributed by atoms with van der Waals surface area (Å²) in [6.45, 7) is 2.14. The van der Waals surface area contributed by atoms with Crippen molar-refractivity contribution < 1.29 is 9.53 Å². The van der Waals surface area contributed by atoms with Gasteiger partial charge in [-0.3, -0.25) is 0 Å². The highest BCUT2D eigenvalue weighted by Crippen LogP contribution is 2.30. The molecule has 2 aromatic carbocycles. The van der Waals surface area contributed by atoms with Crippen LogP contribution in [-0.4, -0.2) is 22.5 Å². The van der Waals surface area contributed by atoms with E-state index < -0.39 is 0 Å². The summed E-state index contributed by atoms with van der Waals surface area (Å²) in [5, 5.41) is 6.40. The molecule has 0 unspecified atom stereocenters. The van der Waals surface area contributed by atoms with Gasteiger partial charge in [0, 0.05) is 16.6 Å². The van der Waals surface area contributed by atoms with Crippen LogP contribution in [0.5, 0.6) is 0 Å². The molecule has 0 saturated heterocycles. The molecule has 0 saturated carbocycles. The van der Waals surface area contributed by atoms with Crippen molar-refractivity contribution in [2.24, 2.45) is 0 Å². The van der Waals surface area contributed by atoms with Crippen molar-refractivity contribution in [1.82, 2.24) is 9.97 Å². The first-order valence-corrected chi connectivity index (χ1v) is 8.27. The van der Waals surface area contributed by atoms with Gasteiger partial charge in [0.25, 0.3) is 0 Å². The Hall–Kier alpha value is -3.27.